The molecule has 1 aliphatic rings. The van der Waals surface area contributed by atoms with Crippen LogP contribution in [0.4, 0.5) is 5.69 Å². The van der Waals surface area contributed by atoms with Gasteiger partial charge in [-0.3, -0.25) is 19.8 Å². The van der Waals surface area contributed by atoms with E-state index in [2.05, 4.69) is 29.3 Å². The quantitative estimate of drug-likeness (QED) is 0.464. The highest BCUT2D eigenvalue weighted by Gasteiger charge is 2.24. The maximum Gasteiger partial charge on any atom is 0.286 e. The van der Waals surface area contributed by atoms with Crippen molar-refractivity contribution in [1.29, 1.82) is 0 Å². The van der Waals surface area contributed by atoms with E-state index in [1.165, 1.54) is 37.6 Å². The van der Waals surface area contributed by atoms with Gasteiger partial charge in [0, 0.05) is 19.2 Å². The van der Waals surface area contributed by atoms with Gasteiger partial charge in [0.1, 0.15) is 5.56 Å². The molecule has 3 rings (SSSR count). The number of nitro benzene ring substituents is 1. The smallest absolute Gasteiger partial charge is 0.286 e. The minimum Gasteiger partial charge on any atom is -0.493 e. The van der Waals surface area contributed by atoms with E-state index in [9.17, 15) is 14.9 Å². The van der Waals surface area contributed by atoms with Crippen LogP contribution in [-0.2, 0) is 13.1 Å². The fourth-order valence-electron chi connectivity index (χ4n) is 3.83. The first-order valence-electron chi connectivity index (χ1n) is 11.0. The number of piperidine rings is 1. The lowest BCUT2D eigenvalue weighted by atomic mass is 9.99. The van der Waals surface area contributed by atoms with Crippen LogP contribution in [-0.4, -0.2) is 42.5 Å². The van der Waals surface area contributed by atoms with Crippen LogP contribution < -0.4 is 14.8 Å². The monoisotopic (exact) mass is 441 g/mol. The SMILES string of the molecule is CCOc1cc(C(=O)NCc2ccc(CN3CCC(C)CC3)cc2)c([N+](=O)[O-])cc1OC. The van der Waals surface area contributed by atoms with Crippen LogP contribution in [0.15, 0.2) is 36.4 Å². The van der Waals surface area contributed by atoms with E-state index in [4.69, 9.17) is 9.47 Å². The Labute approximate surface area is 188 Å². The zero-order chi connectivity index (χ0) is 23.1. The third-order valence-corrected chi connectivity index (χ3v) is 5.78. The molecule has 1 heterocycles. The van der Waals surface area contributed by atoms with Crippen LogP contribution in [0.1, 0.15) is 48.2 Å². The molecule has 1 amide bonds. The van der Waals surface area contributed by atoms with Crippen molar-refractivity contribution < 1.29 is 19.2 Å². The molecule has 0 unspecified atom stereocenters. The van der Waals surface area contributed by atoms with Crippen LogP contribution in [0.25, 0.3) is 0 Å². The number of carbonyl (C=O) groups excluding carboxylic acids is 1. The van der Waals surface area contributed by atoms with Gasteiger partial charge in [0.05, 0.1) is 24.7 Å². The Hall–Kier alpha value is -3.13. The molecule has 0 radical (unpaired) electrons. The highest BCUT2D eigenvalue weighted by Crippen LogP contribution is 2.34. The Morgan fingerprint density at radius 3 is 2.41 bits per heavy atom. The molecular weight excluding hydrogens is 410 g/mol. The maximum absolute atomic E-state index is 12.7. The van der Waals surface area contributed by atoms with Crippen molar-refractivity contribution in [3.05, 3.63) is 63.2 Å². The number of benzene rings is 2. The normalized spacial score (nSPS) is 14.7. The van der Waals surface area contributed by atoms with E-state index in [-0.39, 0.29) is 23.5 Å². The first-order chi connectivity index (χ1) is 15.4. The van der Waals surface area contributed by atoms with Crippen molar-refractivity contribution in [3.63, 3.8) is 0 Å². The Bertz CT molecular complexity index is 937. The summed E-state index contributed by atoms with van der Waals surface area (Å²) in [7, 11) is 1.40. The van der Waals surface area contributed by atoms with Crippen LogP contribution in [0.3, 0.4) is 0 Å². The molecule has 0 saturated carbocycles. The Balaban J connectivity index is 1.64. The standard InChI is InChI=1S/C24H31N3O5/c1-4-32-23-13-20(21(27(29)30)14-22(23)31-3)24(28)25-15-18-5-7-19(8-6-18)16-26-11-9-17(2)10-12-26/h5-8,13-14,17H,4,9-12,15-16H2,1-3H3,(H,25,28). The molecule has 1 N–H and O–H groups in total. The van der Waals surface area contributed by atoms with Crippen molar-refractivity contribution in [2.24, 2.45) is 5.92 Å². The van der Waals surface area contributed by atoms with Crippen LogP contribution in [0.2, 0.25) is 0 Å². The van der Waals surface area contributed by atoms with Gasteiger partial charge in [-0.1, -0.05) is 31.2 Å². The zero-order valence-corrected chi connectivity index (χ0v) is 18.9. The first-order valence-corrected chi connectivity index (χ1v) is 11.0. The summed E-state index contributed by atoms with van der Waals surface area (Å²) < 4.78 is 10.6. The number of hydrogen-bond donors (Lipinski definition) is 1. The maximum atomic E-state index is 12.7. The van der Waals surface area contributed by atoms with E-state index < -0.39 is 10.8 Å². The van der Waals surface area contributed by atoms with E-state index in [1.54, 1.807) is 6.92 Å². The molecule has 2 aromatic carbocycles. The van der Waals surface area contributed by atoms with Gasteiger partial charge in [0.2, 0.25) is 0 Å². The first kappa shape index (κ1) is 23.5. The largest absolute Gasteiger partial charge is 0.493 e. The summed E-state index contributed by atoms with van der Waals surface area (Å²) in [4.78, 5) is 26.1. The lowest BCUT2D eigenvalue weighted by Crippen LogP contribution is -2.32. The summed E-state index contributed by atoms with van der Waals surface area (Å²) >= 11 is 0. The number of likely N-dealkylation sites (tertiary alicyclic amines) is 1. The number of nitro groups is 1. The zero-order valence-electron chi connectivity index (χ0n) is 18.9. The van der Waals surface area contributed by atoms with Crippen molar-refractivity contribution in [2.45, 2.75) is 39.8 Å². The molecule has 0 aromatic heterocycles. The number of amides is 1. The molecule has 32 heavy (non-hydrogen) atoms. The van der Waals surface area contributed by atoms with Crippen molar-refractivity contribution >= 4 is 11.6 Å². The summed E-state index contributed by atoms with van der Waals surface area (Å²) in [6.45, 7) is 7.89. The van der Waals surface area contributed by atoms with Gasteiger partial charge in [-0.2, -0.15) is 0 Å². The number of nitrogens with zero attached hydrogens (tertiary/aromatic N) is 2. The number of carbonyl (C=O) groups is 1. The molecule has 8 nitrogen and oxygen atoms in total. The third-order valence-electron chi connectivity index (χ3n) is 5.78. The molecule has 0 aliphatic carbocycles. The average Bonchev–Trinajstić information content (AvgIpc) is 2.79. The summed E-state index contributed by atoms with van der Waals surface area (Å²) in [6.07, 6.45) is 2.49. The Morgan fingerprint density at radius 2 is 1.81 bits per heavy atom. The highest BCUT2D eigenvalue weighted by atomic mass is 16.6. The highest BCUT2D eigenvalue weighted by molar-refractivity contribution is 5.99. The fraction of sp³-hybridized carbons (Fsp3) is 0.458. The van der Waals surface area contributed by atoms with Crippen molar-refractivity contribution in [2.75, 3.05) is 26.8 Å². The van der Waals surface area contributed by atoms with Crippen molar-refractivity contribution in [1.82, 2.24) is 10.2 Å². The molecule has 0 bridgehead atoms. The Morgan fingerprint density at radius 1 is 1.16 bits per heavy atom. The lowest BCUT2D eigenvalue weighted by Gasteiger charge is -2.30. The average molecular weight is 442 g/mol. The molecule has 2 aromatic rings. The molecule has 0 atom stereocenters. The van der Waals surface area contributed by atoms with Crippen LogP contribution >= 0.6 is 0 Å². The fourth-order valence-corrected chi connectivity index (χ4v) is 3.83. The lowest BCUT2D eigenvalue weighted by molar-refractivity contribution is -0.385. The van der Waals surface area contributed by atoms with Gasteiger partial charge < -0.3 is 14.8 Å². The minimum atomic E-state index is -0.594. The van der Waals surface area contributed by atoms with Gasteiger partial charge in [-0.15, -0.1) is 0 Å². The van der Waals surface area contributed by atoms with Gasteiger partial charge in [-0.25, -0.2) is 0 Å². The number of methoxy groups -OCH3 is 1. The van der Waals surface area contributed by atoms with E-state index in [0.29, 0.717) is 12.4 Å². The molecule has 1 fully saturated rings. The number of hydrogen-bond acceptors (Lipinski definition) is 6. The molecule has 1 aliphatic heterocycles. The van der Waals surface area contributed by atoms with Crippen LogP contribution in [0, 0.1) is 16.0 Å². The second kappa shape index (κ2) is 10.9. The third kappa shape index (κ3) is 5.97. The molecule has 0 spiro atoms. The molecule has 1 saturated heterocycles. The molecule has 8 heteroatoms. The summed E-state index contributed by atoms with van der Waals surface area (Å²) in [5, 5.41) is 14.3. The number of ether oxygens (including phenoxy) is 2. The predicted molar refractivity (Wildman–Crippen MR) is 122 cm³/mol. The minimum absolute atomic E-state index is 0.0600. The number of rotatable bonds is 9. The van der Waals surface area contributed by atoms with Gasteiger partial charge >= 0.3 is 0 Å². The number of nitrogens with one attached hydrogen (secondary N) is 1. The second-order valence-corrected chi connectivity index (χ2v) is 8.17. The Kier molecular flexibility index (Phi) is 8.05. The topological polar surface area (TPSA) is 93.9 Å². The summed E-state index contributed by atoms with van der Waals surface area (Å²) in [5.74, 6) is 0.784. The predicted octanol–water partition coefficient (Wildman–Crippen LogP) is 4.16. The van der Waals surface area contributed by atoms with Crippen molar-refractivity contribution in [3.8, 4) is 11.5 Å². The van der Waals surface area contributed by atoms with E-state index >= 15 is 0 Å². The molecular formula is C24H31N3O5. The van der Waals surface area contributed by atoms with E-state index in [0.717, 1.165) is 31.1 Å². The second-order valence-electron chi connectivity index (χ2n) is 8.17. The van der Waals surface area contributed by atoms with Gasteiger partial charge in [-0.05, 0) is 49.9 Å². The van der Waals surface area contributed by atoms with Gasteiger partial charge in [0.15, 0.2) is 11.5 Å². The summed E-state index contributed by atoms with van der Waals surface area (Å²) in [5.41, 5.74) is 1.78. The summed E-state index contributed by atoms with van der Waals surface area (Å²) in [6, 6.07) is 10.7. The molecule has 172 valence electrons. The van der Waals surface area contributed by atoms with E-state index in [1.807, 2.05) is 12.1 Å². The van der Waals surface area contributed by atoms with Crippen LogP contribution in [0.5, 0.6) is 11.5 Å². The van der Waals surface area contributed by atoms with Gasteiger partial charge in [0.25, 0.3) is 11.6 Å².